The molecule has 0 saturated carbocycles. The van der Waals surface area contributed by atoms with E-state index in [1.165, 1.54) is 6.07 Å². The monoisotopic (exact) mass is 262 g/mol. The molecule has 0 aromatic carbocycles. The number of aromatic nitrogens is 1. The molecule has 1 heterocycles. The van der Waals surface area contributed by atoms with Crippen LogP contribution in [0.4, 0.5) is 0 Å². The summed E-state index contributed by atoms with van der Waals surface area (Å²) in [7, 11) is -7.92. The molecule has 8 heteroatoms. The average molecular weight is 262 g/mol. The number of nitrogens with two attached hydrogens (primary N) is 1. The smallest absolute Gasteiger partial charge is 0.242 e. The molecular weight excluding hydrogens is 252 g/mol. The predicted octanol–water partition coefficient (Wildman–Crippen LogP) is -0.311. The Morgan fingerprint density at radius 1 is 1.38 bits per heavy atom. The Balaban J connectivity index is 3.53. The van der Waals surface area contributed by atoms with E-state index in [4.69, 9.17) is 5.14 Å². The fourth-order valence-corrected chi connectivity index (χ4v) is 3.45. The maximum atomic E-state index is 11.7. The van der Waals surface area contributed by atoms with Crippen LogP contribution in [-0.2, 0) is 19.9 Å². The Morgan fingerprint density at radius 2 is 2.00 bits per heavy atom. The summed E-state index contributed by atoms with van der Waals surface area (Å²) < 4.78 is 45.6. The van der Waals surface area contributed by atoms with Crippen molar-refractivity contribution in [3.63, 3.8) is 0 Å². The molecule has 0 atom stereocenters. The van der Waals surface area contributed by atoms with Crippen molar-refractivity contribution in [3.8, 4) is 0 Å². The largest absolute Gasteiger partial charge is 0.256 e. The molecule has 88 valence electrons. The maximum Gasteiger partial charge on any atom is 0.256 e. The first-order valence-electron chi connectivity index (χ1n) is 4.10. The summed E-state index contributed by atoms with van der Waals surface area (Å²) in [4.78, 5) is 3.07. The Hall–Kier alpha value is -1.25. The van der Waals surface area contributed by atoms with Crippen LogP contribution in [0.15, 0.2) is 40.9 Å². The third-order valence-electron chi connectivity index (χ3n) is 1.68. The summed E-state index contributed by atoms with van der Waals surface area (Å²) in [5.41, 5.74) is 0. The molecule has 0 unspecified atom stereocenters. The zero-order chi connectivity index (χ0) is 12.4. The minimum absolute atomic E-state index is 0.374. The van der Waals surface area contributed by atoms with Gasteiger partial charge in [-0.15, -0.1) is 6.58 Å². The van der Waals surface area contributed by atoms with Crippen LogP contribution in [0.25, 0.3) is 0 Å². The molecule has 6 nitrogen and oxygen atoms in total. The van der Waals surface area contributed by atoms with Crippen LogP contribution in [0.1, 0.15) is 0 Å². The summed E-state index contributed by atoms with van der Waals surface area (Å²) >= 11 is 0. The number of pyridine rings is 1. The molecule has 1 aromatic rings. The van der Waals surface area contributed by atoms with Crippen LogP contribution in [0.2, 0.25) is 0 Å². The number of rotatable bonds is 4. The van der Waals surface area contributed by atoms with Crippen molar-refractivity contribution >= 4 is 19.9 Å². The second-order valence-electron chi connectivity index (χ2n) is 2.92. The fourth-order valence-electron chi connectivity index (χ4n) is 1.07. The van der Waals surface area contributed by atoms with E-state index in [1.807, 2.05) is 0 Å². The number of nitrogens with zero attached hydrogens (tertiary/aromatic N) is 1. The minimum atomic E-state index is -4.16. The number of hydrogen-bond acceptors (Lipinski definition) is 5. The SMILES string of the molecule is C=CCS(=O)(=O)c1cccnc1S(N)(=O)=O. The third-order valence-corrected chi connectivity index (χ3v) is 4.35. The van der Waals surface area contributed by atoms with Crippen molar-refractivity contribution < 1.29 is 16.8 Å². The van der Waals surface area contributed by atoms with Gasteiger partial charge < -0.3 is 0 Å². The van der Waals surface area contributed by atoms with Crippen LogP contribution in [-0.4, -0.2) is 27.6 Å². The summed E-state index contributed by atoms with van der Waals surface area (Å²) in [6, 6.07) is 2.47. The molecular formula is C8H10N2O4S2. The second kappa shape index (κ2) is 4.32. The van der Waals surface area contributed by atoms with Crippen LogP contribution < -0.4 is 5.14 Å². The molecule has 0 bridgehead atoms. The van der Waals surface area contributed by atoms with Crippen LogP contribution in [0, 0.1) is 0 Å². The maximum absolute atomic E-state index is 11.7. The number of sulfonamides is 1. The fraction of sp³-hybridized carbons (Fsp3) is 0.125. The Bertz CT molecular complexity index is 605. The van der Waals surface area contributed by atoms with Crippen molar-refractivity contribution in [1.29, 1.82) is 0 Å². The molecule has 0 saturated heterocycles. The normalized spacial score (nSPS) is 12.3. The molecule has 0 aliphatic rings. The lowest BCUT2D eigenvalue weighted by Crippen LogP contribution is -2.19. The number of sulfone groups is 1. The van der Waals surface area contributed by atoms with Gasteiger partial charge in [-0.3, -0.25) is 0 Å². The highest BCUT2D eigenvalue weighted by Gasteiger charge is 2.24. The van der Waals surface area contributed by atoms with Gasteiger partial charge in [0.05, 0.1) is 5.75 Å². The molecule has 0 spiro atoms. The summed E-state index contributed by atoms with van der Waals surface area (Å²) in [6.07, 6.45) is 2.32. The van der Waals surface area contributed by atoms with Gasteiger partial charge in [-0.05, 0) is 12.1 Å². The first-order valence-corrected chi connectivity index (χ1v) is 7.30. The average Bonchev–Trinajstić information content (AvgIpc) is 2.16. The van der Waals surface area contributed by atoms with Crippen LogP contribution >= 0.6 is 0 Å². The van der Waals surface area contributed by atoms with E-state index in [2.05, 4.69) is 11.6 Å². The van der Waals surface area contributed by atoms with Gasteiger partial charge in [-0.2, -0.15) is 0 Å². The van der Waals surface area contributed by atoms with E-state index >= 15 is 0 Å². The highest BCUT2D eigenvalue weighted by atomic mass is 32.2. The molecule has 2 N–H and O–H groups in total. The zero-order valence-corrected chi connectivity index (χ0v) is 9.83. The van der Waals surface area contributed by atoms with Gasteiger partial charge in [0, 0.05) is 6.20 Å². The summed E-state index contributed by atoms with van der Waals surface area (Å²) in [5.74, 6) is -0.374. The van der Waals surface area contributed by atoms with Gasteiger partial charge >= 0.3 is 0 Å². The van der Waals surface area contributed by atoms with Gasteiger partial charge in [0.25, 0.3) is 10.0 Å². The predicted molar refractivity (Wildman–Crippen MR) is 57.9 cm³/mol. The Labute approximate surface area is 93.8 Å². The third kappa shape index (κ3) is 2.65. The number of hydrogen-bond donors (Lipinski definition) is 1. The molecule has 0 aliphatic carbocycles. The van der Waals surface area contributed by atoms with Crippen LogP contribution in [0.3, 0.4) is 0 Å². The second-order valence-corrected chi connectivity index (χ2v) is 6.40. The topological polar surface area (TPSA) is 107 Å². The van der Waals surface area contributed by atoms with E-state index in [1.54, 1.807) is 0 Å². The quantitative estimate of drug-likeness (QED) is 0.749. The lowest BCUT2D eigenvalue weighted by atomic mass is 10.5. The van der Waals surface area contributed by atoms with Gasteiger partial charge in [0.15, 0.2) is 14.9 Å². The van der Waals surface area contributed by atoms with Crippen molar-refractivity contribution in [3.05, 3.63) is 31.0 Å². The Morgan fingerprint density at radius 3 is 2.50 bits per heavy atom. The Kier molecular flexibility index (Phi) is 3.46. The van der Waals surface area contributed by atoms with Crippen molar-refractivity contribution in [2.24, 2.45) is 5.14 Å². The highest BCUT2D eigenvalue weighted by Crippen LogP contribution is 2.18. The minimum Gasteiger partial charge on any atom is -0.242 e. The molecule has 0 aliphatic heterocycles. The van der Waals surface area contributed by atoms with E-state index in [-0.39, 0.29) is 5.75 Å². The van der Waals surface area contributed by atoms with E-state index in [9.17, 15) is 16.8 Å². The molecule has 16 heavy (non-hydrogen) atoms. The molecule has 1 aromatic heterocycles. The molecule has 0 amide bonds. The lowest BCUT2D eigenvalue weighted by molar-refractivity contribution is 0.580. The van der Waals surface area contributed by atoms with Gasteiger partial charge in [0.1, 0.15) is 4.90 Å². The van der Waals surface area contributed by atoms with E-state index in [0.717, 1.165) is 18.3 Å². The van der Waals surface area contributed by atoms with Crippen molar-refractivity contribution in [2.75, 3.05) is 5.75 Å². The lowest BCUT2D eigenvalue weighted by Gasteiger charge is -2.05. The van der Waals surface area contributed by atoms with Crippen molar-refractivity contribution in [2.45, 2.75) is 9.92 Å². The van der Waals surface area contributed by atoms with Gasteiger partial charge in [-0.25, -0.2) is 27.0 Å². The molecule has 1 rings (SSSR count). The zero-order valence-electron chi connectivity index (χ0n) is 8.20. The molecule has 0 fully saturated rings. The number of primary sulfonamides is 1. The standard InChI is InChI=1S/C8H10N2O4S2/c1-2-6-15(11,12)7-4-3-5-10-8(7)16(9,13)14/h2-5H,1,6H2,(H2,9,13,14). The summed E-state index contributed by atoms with van der Waals surface area (Å²) in [6.45, 7) is 3.28. The van der Waals surface area contributed by atoms with Crippen LogP contribution in [0.5, 0.6) is 0 Å². The molecule has 0 radical (unpaired) electrons. The first kappa shape index (κ1) is 12.8. The first-order chi connectivity index (χ1) is 7.29. The van der Waals surface area contributed by atoms with Crippen molar-refractivity contribution in [1.82, 2.24) is 4.98 Å². The van der Waals surface area contributed by atoms with Gasteiger partial charge in [-0.1, -0.05) is 6.08 Å². The highest BCUT2D eigenvalue weighted by molar-refractivity contribution is 7.93. The van der Waals surface area contributed by atoms with E-state index in [0.29, 0.717) is 0 Å². The van der Waals surface area contributed by atoms with Gasteiger partial charge in [0.2, 0.25) is 0 Å². The summed E-state index contributed by atoms with van der Waals surface area (Å²) in [5, 5.41) is 4.23. The van der Waals surface area contributed by atoms with E-state index < -0.39 is 29.8 Å².